The molecule has 1 unspecified atom stereocenters. The minimum absolute atomic E-state index is 0.119. The highest BCUT2D eigenvalue weighted by molar-refractivity contribution is 6.30. The van der Waals surface area contributed by atoms with Crippen molar-refractivity contribution in [2.75, 3.05) is 7.05 Å². The van der Waals surface area contributed by atoms with E-state index >= 15 is 0 Å². The molecule has 0 fully saturated rings. The van der Waals surface area contributed by atoms with Gasteiger partial charge in [0, 0.05) is 31.0 Å². The zero-order chi connectivity index (χ0) is 18.4. The first-order valence-electron chi connectivity index (χ1n) is 8.47. The number of guanidine groups is 1. The first-order valence-corrected chi connectivity index (χ1v) is 8.85. The first kappa shape index (κ1) is 18.0. The summed E-state index contributed by atoms with van der Waals surface area (Å²) in [7, 11) is 1.77. The Labute approximate surface area is 158 Å². The van der Waals surface area contributed by atoms with Crippen molar-refractivity contribution < 1.29 is 0 Å². The van der Waals surface area contributed by atoms with Crippen molar-refractivity contribution in [1.29, 1.82) is 0 Å². The van der Waals surface area contributed by atoms with E-state index in [-0.39, 0.29) is 6.04 Å². The molecule has 2 aromatic carbocycles. The molecule has 0 saturated carbocycles. The molecule has 5 nitrogen and oxygen atoms in total. The van der Waals surface area contributed by atoms with E-state index in [0.29, 0.717) is 6.54 Å². The third-order valence-electron chi connectivity index (χ3n) is 4.09. The summed E-state index contributed by atoms with van der Waals surface area (Å²) < 4.78 is 1.85. The van der Waals surface area contributed by atoms with Gasteiger partial charge in [0.05, 0.1) is 11.7 Å². The van der Waals surface area contributed by atoms with Crippen LogP contribution in [-0.2, 0) is 6.54 Å². The van der Waals surface area contributed by atoms with Crippen LogP contribution in [0.2, 0.25) is 5.02 Å². The molecule has 0 aliphatic rings. The molecule has 0 radical (unpaired) electrons. The van der Waals surface area contributed by atoms with Gasteiger partial charge in [0.2, 0.25) is 0 Å². The van der Waals surface area contributed by atoms with Gasteiger partial charge in [0.15, 0.2) is 5.96 Å². The largest absolute Gasteiger partial charge is 0.352 e. The van der Waals surface area contributed by atoms with E-state index in [1.54, 1.807) is 13.2 Å². The fourth-order valence-corrected chi connectivity index (χ4v) is 2.78. The SMILES string of the molecule is CN=C(NCc1cccc(-n2cccn2)c1)NC(C)c1ccc(Cl)cc1. The van der Waals surface area contributed by atoms with Gasteiger partial charge in [0.1, 0.15) is 0 Å². The molecule has 0 amide bonds. The van der Waals surface area contributed by atoms with Crippen molar-refractivity contribution in [2.24, 2.45) is 4.99 Å². The maximum absolute atomic E-state index is 5.95. The van der Waals surface area contributed by atoms with Crippen molar-refractivity contribution in [2.45, 2.75) is 19.5 Å². The van der Waals surface area contributed by atoms with E-state index in [9.17, 15) is 0 Å². The highest BCUT2D eigenvalue weighted by Gasteiger charge is 2.08. The Morgan fingerprint density at radius 1 is 1.19 bits per heavy atom. The second-order valence-corrected chi connectivity index (χ2v) is 6.40. The number of aromatic nitrogens is 2. The monoisotopic (exact) mass is 367 g/mol. The minimum atomic E-state index is 0.119. The van der Waals surface area contributed by atoms with E-state index in [1.165, 1.54) is 0 Å². The highest BCUT2D eigenvalue weighted by Crippen LogP contribution is 2.16. The standard InChI is InChI=1S/C20H22ClN5/c1-15(17-7-9-18(21)10-8-17)25-20(22-2)23-14-16-5-3-6-19(13-16)26-12-4-11-24-26/h3-13,15H,14H2,1-2H3,(H2,22,23,25). The van der Waals surface area contributed by atoms with Crippen LogP contribution in [0.1, 0.15) is 24.1 Å². The van der Waals surface area contributed by atoms with Gasteiger partial charge in [-0.3, -0.25) is 4.99 Å². The molecule has 0 saturated heterocycles. The van der Waals surface area contributed by atoms with Gasteiger partial charge < -0.3 is 10.6 Å². The fraction of sp³-hybridized carbons (Fsp3) is 0.200. The van der Waals surface area contributed by atoms with E-state index in [2.05, 4.69) is 39.8 Å². The lowest BCUT2D eigenvalue weighted by molar-refractivity contribution is 0.685. The van der Waals surface area contributed by atoms with Gasteiger partial charge in [0.25, 0.3) is 0 Å². The number of nitrogens with zero attached hydrogens (tertiary/aromatic N) is 3. The summed E-state index contributed by atoms with van der Waals surface area (Å²) in [6.07, 6.45) is 3.70. The third-order valence-corrected chi connectivity index (χ3v) is 4.34. The Hall–Kier alpha value is -2.79. The van der Waals surface area contributed by atoms with Gasteiger partial charge in [-0.15, -0.1) is 0 Å². The van der Waals surface area contributed by atoms with E-state index < -0.39 is 0 Å². The maximum atomic E-state index is 5.95. The Morgan fingerprint density at radius 3 is 2.69 bits per heavy atom. The Kier molecular flexibility index (Phi) is 5.92. The molecule has 3 aromatic rings. The van der Waals surface area contributed by atoms with Crippen LogP contribution in [0.15, 0.2) is 72.0 Å². The Bertz CT molecular complexity index is 856. The van der Waals surface area contributed by atoms with E-state index in [4.69, 9.17) is 11.6 Å². The molecule has 0 bridgehead atoms. The lowest BCUT2D eigenvalue weighted by Gasteiger charge is -2.18. The number of hydrogen-bond donors (Lipinski definition) is 2. The molecule has 0 aliphatic heterocycles. The molecule has 0 aliphatic carbocycles. The zero-order valence-electron chi connectivity index (χ0n) is 14.9. The van der Waals surface area contributed by atoms with Crippen molar-refractivity contribution in [3.8, 4) is 5.69 Å². The lowest BCUT2D eigenvalue weighted by atomic mass is 10.1. The molecule has 1 atom stereocenters. The number of nitrogens with one attached hydrogen (secondary N) is 2. The van der Waals surface area contributed by atoms with Crippen molar-refractivity contribution >= 4 is 17.6 Å². The third kappa shape index (κ3) is 4.64. The summed E-state index contributed by atoms with van der Waals surface area (Å²) in [6.45, 7) is 2.76. The Morgan fingerprint density at radius 2 is 2.00 bits per heavy atom. The van der Waals surface area contributed by atoms with Gasteiger partial charge in [-0.25, -0.2) is 4.68 Å². The summed E-state index contributed by atoms with van der Waals surface area (Å²) >= 11 is 5.95. The molecule has 0 spiro atoms. The number of hydrogen-bond acceptors (Lipinski definition) is 2. The van der Waals surface area contributed by atoms with Crippen LogP contribution in [0.5, 0.6) is 0 Å². The fourth-order valence-electron chi connectivity index (χ4n) is 2.65. The summed E-state index contributed by atoms with van der Waals surface area (Å²) in [5, 5.41) is 11.8. The molecule has 6 heteroatoms. The second-order valence-electron chi connectivity index (χ2n) is 5.96. The predicted octanol–water partition coefficient (Wildman–Crippen LogP) is 3.95. The summed E-state index contributed by atoms with van der Waals surface area (Å²) in [5.74, 6) is 0.747. The van der Waals surface area contributed by atoms with Gasteiger partial charge >= 0.3 is 0 Å². The summed E-state index contributed by atoms with van der Waals surface area (Å²) in [6, 6.07) is 18.1. The zero-order valence-corrected chi connectivity index (χ0v) is 15.6. The van der Waals surface area contributed by atoms with Gasteiger partial charge in [-0.2, -0.15) is 5.10 Å². The van der Waals surface area contributed by atoms with Crippen LogP contribution in [0.4, 0.5) is 0 Å². The summed E-state index contributed by atoms with van der Waals surface area (Å²) in [5.41, 5.74) is 3.34. The molecule has 1 aromatic heterocycles. The van der Waals surface area contributed by atoms with Crippen LogP contribution in [0, 0.1) is 0 Å². The number of benzene rings is 2. The Balaban J connectivity index is 1.61. The van der Waals surface area contributed by atoms with E-state index in [0.717, 1.165) is 27.8 Å². The van der Waals surface area contributed by atoms with Gasteiger partial charge in [-0.05, 0) is 48.4 Å². The average molecular weight is 368 g/mol. The number of aliphatic imine (C=N–C) groups is 1. The number of rotatable bonds is 5. The van der Waals surface area contributed by atoms with Crippen LogP contribution >= 0.6 is 11.6 Å². The average Bonchev–Trinajstić information content (AvgIpc) is 3.20. The van der Waals surface area contributed by atoms with Crippen molar-refractivity contribution in [3.05, 3.63) is 83.1 Å². The highest BCUT2D eigenvalue weighted by atomic mass is 35.5. The minimum Gasteiger partial charge on any atom is -0.352 e. The normalized spacial score (nSPS) is 12.7. The molecule has 26 heavy (non-hydrogen) atoms. The van der Waals surface area contributed by atoms with Crippen LogP contribution in [-0.4, -0.2) is 22.8 Å². The second kappa shape index (κ2) is 8.54. The van der Waals surface area contributed by atoms with Crippen molar-refractivity contribution in [1.82, 2.24) is 20.4 Å². The summed E-state index contributed by atoms with van der Waals surface area (Å²) in [4.78, 5) is 4.31. The van der Waals surface area contributed by atoms with Crippen LogP contribution in [0.25, 0.3) is 5.69 Å². The van der Waals surface area contributed by atoms with Crippen LogP contribution < -0.4 is 10.6 Å². The predicted molar refractivity (Wildman–Crippen MR) is 107 cm³/mol. The molecule has 134 valence electrons. The van der Waals surface area contributed by atoms with Crippen molar-refractivity contribution in [3.63, 3.8) is 0 Å². The van der Waals surface area contributed by atoms with Crippen LogP contribution in [0.3, 0.4) is 0 Å². The lowest BCUT2D eigenvalue weighted by Crippen LogP contribution is -2.38. The molecule has 2 N–H and O–H groups in total. The first-order chi connectivity index (χ1) is 12.7. The maximum Gasteiger partial charge on any atom is 0.191 e. The quantitative estimate of drug-likeness (QED) is 0.530. The molecule has 3 rings (SSSR count). The topological polar surface area (TPSA) is 54.2 Å². The molecular formula is C20H22ClN5. The van der Waals surface area contributed by atoms with Gasteiger partial charge in [-0.1, -0.05) is 35.9 Å². The molecule has 1 heterocycles. The smallest absolute Gasteiger partial charge is 0.191 e. The molecular weight excluding hydrogens is 346 g/mol. The number of halogens is 1. The van der Waals surface area contributed by atoms with E-state index in [1.807, 2.05) is 53.3 Å².